The van der Waals surface area contributed by atoms with E-state index in [2.05, 4.69) is 4.95 Å². The summed E-state index contributed by atoms with van der Waals surface area (Å²) in [7, 11) is 0. The highest BCUT2D eigenvalue weighted by Crippen LogP contribution is 2.43. The fourth-order valence-electron chi connectivity index (χ4n) is 8.31. The summed E-state index contributed by atoms with van der Waals surface area (Å²) in [5.74, 6) is 0.506. The predicted molar refractivity (Wildman–Crippen MR) is 251 cm³/mol. The van der Waals surface area contributed by atoms with E-state index in [1.807, 2.05) is 161 Å². The summed E-state index contributed by atoms with van der Waals surface area (Å²) in [6.45, 7) is 43.8. The van der Waals surface area contributed by atoms with Crippen molar-refractivity contribution in [2.45, 2.75) is 177 Å². The first-order valence-electron chi connectivity index (χ1n) is 21.5. The quantitative estimate of drug-likeness (QED) is 0.146. The molecule has 2 heterocycles. The number of imidazole rings is 1. The van der Waals surface area contributed by atoms with E-state index in [1.54, 1.807) is 0 Å². The lowest BCUT2D eigenvalue weighted by atomic mass is 9.78. The molecule has 0 aliphatic rings. The van der Waals surface area contributed by atoms with Crippen LogP contribution in [0.3, 0.4) is 0 Å². The summed E-state index contributed by atoms with van der Waals surface area (Å²) >= 11 is 0. The van der Waals surface area contributed by atoms with Gasteiger partial charge < -0.3 is 15.3 Å². The van der Waals surface area contributed by atoms with E-state index >= 15 is 4.79 Å². The number of rotatable bonds is 6. The van der Waals surface area contributed by atoms with Gasteiger partial charge in [-0.2, -0.15) is 6.57 Å². The smallest absolute Gasteiger partial charge is 0.401 e. The van der Waals surface area contributed by atoms with E-state index < -0.39 is 49.4 Å². The van der Waals surface area contributed by atoms with E-state index in [0.29, 0.717) is 54.7 Å². The summed E-state index contributed by atoms with van der Waals surface area (Å²) in [4.78, 5) is 47.9. The fraction of sp³-hybridized carbons (Fsp3) is 0.529. The van der Waals surface area contributed by atoms with Gasteiger partial charge in [-0.05, 0) is 119 Å². The second-order valence-electron chi connectivity index (χ2n) is 23.3. The number of phenols is 3. The highest BCUT2D eigenvalue weighted by atomic mass is 16.3. The summed E-state index contributed by atoms with van der Waals surface area (Å²) in [6.07, 6.45) is 0. The van der Waals surface area contributed by atoms with Gasteiger partial charge in [-0.3, -0.25) is 18.5 Å². The molecule has 11 nitrogen and oxygen atoms in total. The van der Waals surface area contributed by atoms with Gasteiger partial charge in [0, 0.05) is 0 Å². The topological polar surface area (TPSA) is 136 Å². The highest BCUT2D eigenvalue weighted by Gasteiger charge is 2.33. The first-order chi connectivity index (χ1) is 28.0. The molecule has 3 aromatic carbocycles. The van der Waals surface area contributed by atoms with Crippen LogP contribution in [0.5, 0.6) is 17.2 Å². The second kappa shape index (κ2) is 15.4. The van der Waals surface area contributed by atoms with Crippen LogP contribution >= 0.6 is 0 Å². The molecule has 0 atom stereocenters. The molecule has 5 rings (SSSR count). The zero-order valence-electron chi connectivity index (χ0n) is 40.4. The molecule has 0 unspecified atom stereocenters. The van der Waals surface area contributed by atoms with Gasteiger partial charge >= 0.3 is 16.9 Å². The van der Waals surface area contributed by atoms with Crippen molar-refractivity contribution < 1.29 is 15.3 Å². The maximum atomic E-state index is 15.3. The number of aromatic nitrogens is 4. The Hall–Kier alpha value is -5.50. The molecule has 11 heteroatoms. The van der Waals surface area contributed by atoms with Gasteiger partial charge in [0.25, 0.3) is 0 Å². The SMILES string of the molecule is [C-]#[N+]n1c(=O)c2c(n(Cc3cc(C(C)(C)C)c(O)c(C(C)(C)C)c3)c1=O)n(Cc1cc(C(C)(C)C)c(O)c(C(C)(C)C)c1)c(=O)n2Cc1cc(C(C)(C)C)c(O)c(C(C)(C)C)c1. The van der Waals surface area contributed by atoms with Crippen LogP contribution < -0.4 is 16.9 Å². The van der Waals surface area contributed by atoms with Crippen LogP contribution in [0.15, 0.2) is 50.8 Å². The van der Waals surface area contributed by atoms with Crippen LogP contribution in [0.4, 0.5) is 0 Å². The molecule has 0 aliphatic carbocycles. The van der Waals surface area contributed by atoms with E-state index in [1.165, 1.54) is 13.7 Å². The minimum Gasteiger partial charge on any atom is -0.507 e. The van der Waals surface area contributed by atoms with Crippen molar-refractivity contribution in [3.05, 3.63) is 129 Å². The highest BCUT2D eigenvalue weighted by molar-refractivity contribution is 5.72. The third kappa shape index (κ3) is 8.89. The van der Waals surface area contributed by atoms with Gasteiger partial charge in [-0.25, -0.2) is 9.59 Å². The molecule has 2 aromatic heterocycles. The number of fused-ring (bicyclic) bond motifs is 1. The van der Waals surface area contributed by atoms with Crippen molar-refractivity contribution in [3.8, 4) is 17.2 Å². The molecule has 334 valence electrons. The maximum absolute atomic E-state index is 15.3. The largest absolute Gasteiger partial charge is 0.507 e. The Morgan fingerprint density at radius 1 is 0.435 bits per heavy atom. The second-order valence-corrected chi connectivity index (χ2v) is 23.3. The molecular formula is C51H69N5O6. The number of hydrogen-bond donors (Lipinski definition) is 3. The van der Waals surface area contributed by atoms with Gasteiger partial charge in [0.1, 0.15) is 17.2 Å². The molecule has 0 amide bonds. The van der Waals surface area contributed by atoms with Gasteiger partial charge in [0.15, 0.2) is 11.2 Å². The van der Waals surface area contributed by atoms with Gasteiger partial charge in [0.05, 0.1) is 24.3 Å². The fourth-order valence-corrected chi connectivity index (χ4v) is 8.31. The van der Waals surface area contributed by atoms with Crippen LogP contribution in [0.2, 0.25) is 0 Å². The van der Waals surface area contributed by atoms with Crippen LogP contribution in [0.1, 0.15) is 175 Å². The van der Waals surface area contributed by atoms with Crippen molar-refractivity contribution >= 4 is 11.2 Å². The van der Waals surface area contributed by atoms with E-state index in [4.69, 9.17) is 6.57 Å². The Kier molecular flexibility index (Phi) is 11.8. The molecular weight excluding hydrogens is 779 g/mol. The van der Waals surface area contributed by atoms with Crippen molar-refractivity contribution in [2.75, 3.05) is 0 Å². The average molecular weight is 848 g/mol. The summed E-state index contributed by atoms with van der Waals surface area (Å²) in [6, 6.07) is 11.2. The number of nitrogens with zero attached hydrogens (tertiary/aromatic N) is 5. The molecule has 0 saturated heterocycles. The van der Waals surface area contributed by atoms with Crippen molar-refractivity contribution in [2.24, 2.45) is 0 Å². The predicted octanol–water partition coefficient (Wildman–Crippen LogP) is 9.86. The molecule has 0 bridgehead atoms. The lowest BCUT2D eigenvalue weighted by Crippen LogP contribution is -2.38. The van der Waals surface area contributed by atoms with Crippen LogP contribution in [-0.4, -0.2) is 33.7 Å². The zero-order chi connectivity index (χ0) is 47.2. The average Bonchev–Trinajstić information content (AvgIpc) is 3.35. The number of hydrogen-bond acceptors (Lipinski definition) is 6. The Morgan fingerprint density at radius 2 is 0.677 bits per heavy atom. The molecule has 62 heavy (non-hydrogen) atoms. The normalized spacial score (nSPS) is 13.2. The molecule has 0 radical (unpaired) electrons. The molecule has 0 fully saturated rings. The van der Waals surface area contributed by atoms with Gasteiger partial charge in [0.2, 0.25) is 0 Å². The van der Waals surface area contributed by atoms with E-state index in [-0.39, 0.29) is 48.0 Å². The maximum Gasteiger partial charge on any atom is 0.401 e. The lowest BCUT2D eigenvalue weighted by Gasteiger charge is -2.28. The van der Waals surface area contributed by atoms with E-state index in [0.717, 1.165) is 0 Å². The molecule has 0 aliphatic heterocycles. The first-order valence-corrected chi connectivity index (χ1v) is 21.5. The lowest BCUT2D eigenvalue weighted by molar-refractivity contribution is 0.421. The molecule has 5 aromatic rings. The summed E-state index contributed by atoms with van der Waals surface area (Å²) in [5.41, 5.74) is 0.664. The Labute approximate surface area is 367 Å². The van der Waals surface area contributed by atoms with Crippen molar-refractivity contribution in [1.29, 1.82) is 0 Å². The monoisotopic (exact) mass is 848 g/mol. The number of benzene rings is 3. The van der Waals surface area contributed by atoms with Crippen molar-refractivity contribution in [3.63, 3.8) is 0 Å². The third-order valence-electron chi connectivity index (χ3n) is 11.7. The van der Waals surface area contributed by atoms with Crippen molar-refractivity contribution in [1.82, 2.24) is 18.4 Å². The Balaban J connectivity index is 1.98. The van der Waals surface area contributed by atoms with Gasteiger partial charge in [-0.1, -0.05) is 125 Å². The zero-order valence-corrected chi connectivity index (χ0v) is 40.4. The minimum absolute atomic E-state index is 0.0427. The molecule has 3 N–H and O–H groups in total. The Morgan fingerprint density at radius 3 is 0.919 bits per heavy atom. The minimum atomic E-state index is -0.925. The first kappa shape index (κ1) is 47.5. The van der Waals surface area contributed by atoms with E-state index in [9.17, 15) is 24.9 Å². The standard InChI is InChI=1S/C51H69N5O6/c1-46(2,3)32-20-29(21-33(39(32)57)47(4,5)6)26-53-38-42(54(44(53)61)27-30-22-34(48(7,8)9)40(58)35(23-30)49(10,11)12)55(45(62)56(52-19)43(38)60)28-31-24-36(50(13,14)15)41(59)37(25-31)51(16,17)18/h20-25,57-59H,26-28H2,1-18H3. The summed E-state index contributed by atoms with van der Waals surface area (Å²) in [5, 5.41) is 34.8. The molecule has 0 saturated carbocycles. The number of phenolic OH excluding ortho intramolecular Hbond substituents is 3. The van der Waals surface area contributed by atoms with Gasteiger partial charge in [-0.15, -0.1) is 4.95 Å². The summed E-state index contributed by atoms with van der Waals surface area (Å²) < 4.78 is 4.58. The van der Waals surface area contributed by atoms with Crippen LogP contribution in [0, 0.1) is 6.57 Å². The molecule has 0 spiro atoms. The third-order valence-corrected chi connectivity index (χ3v) is 11.7. The Bertz CT molecular complexity index is 2710. The number of aromatic hydroxyl groups is 3. The van der Waals surface area contributed by atoms with Crippen LogP contribution in [-0.2, 0) is 52.1 Å². The van der Waals surface area contributed by atoms with Crippen LogP contribution in [0.25, 0.3) is 16.1 Å².